The lowest BCUT2D eigenvalue weighted by Crippen LogP contribution is -2.15. The van der Waals surface area contributed by atoms with Crippen LogP contribution in [0.15, 0.2) is 33.2 Å². The van der Waals surface area contributed by atoms with Gasteiger partial charge in [-0.3, -0.25) is 0 Å². The molecule has 84 valence electrons. The summed E-state index contributed by atoms with van der Waals surface area (Å²) in [6, 6.07) is 7.54. The van der Waals surface area contributed by atoms with Crippen molar-refractivity contribution in [3.63, 3.8) is 0 Å². The normalized spacial score (nSPS) is 11.8. The van der Waals surface area contributed by atoms with Crippen molar-refractivity contribution in [1.29, 1.82) is 0 Å². The van der Waals surface area contributed by atoms with E-state index >= 15 is 0 Å². The minimum Gasteiger partial charge on any atom is -0.418 e. The van der Waals surface area contributed by atoms with E-state index < -0.39 is 5.60 Å². The molecule has 0 saturated carbocycles. The minimum atomic E-state index is -1.11. The molecule has 0 atom stereocenters. The number of nitrogens with zero attached hydrogens (tertiary/aromatic N) is 2. The molecule has 0 saturated heterocycles. The zero-order valence-electron chi connectivity index (χ0n) is 8.94. The topological polar surface area (TPSA) is 59.2 Å². The van der Waals surface area contributed by atoms with Crippen LogP contribution in [0.1, 0.15) is 19.7 Å². The lowest BCUT2D eigenvalue weighted by atomic mass is 10.1. The number of halogens is 1. The first-order chi connectivity index (χ1) is 7.47. The first kappa shape index (κ1) is 11.3. The van der Waals surface area contributed by atoms with Gasteiger partial charge in [0.2, 0.25) is 11.8 Å². The van der Waals surface area contributed by atoms with Crippen molar-refractivity contribution in [3.8, 4) is 11.5 Å². The summed E-state index contributed by atoms with van der Waals surface area (Å²) in [7, 11) is 0. The number of aliphatic hydroxyl groups is 1. The van der Waals surface area contributed by atoms with E-state index in [9.17, 15) is 5.11 Å². The molecule has 0 spiro atoms. The number of rotatable bonds is 2. The summed E-state index contributed by atoms with van der Waals surface area (Å²) in [4.78, 5) is 0. The van der Waals surface area contributed by atoms with Gasteiger partial charge in [0.1, 0.15) is 5.60 Å². The Labute approximate surface area is 101 Å². The van der Waals surface area contributed by atoms with Crippen molar-refractivity contribution in [2.45, 2.75) is 19.4 Å². The third kappa shape index (κ3) is 2.31. The molecule has 2 rings (SSSR count). The summed E-state index contributed by atoms with van der Waals surface area (Å²) in [5, 5.41) is 17.4. The average molecular weight is 283 g/mol. The Morgan fingerprint density at radius 2 is 2.06 bits per heavy atom. The van der Waals surface area contributed by atoms with Crippen molar-refractivity contribution in [3.05, 3.63) is 34.6 Å². The molecule has 1 heterocycles. The van der Waals surface area contributed by atoms with Crippen molar-refractivity contribution in [2.24, 2.45) is 0 Å². The van der Waals surface area contributed by atoms with E-state index in [1.165, 1.54) is 0 Å². The molecule has 16 heavy (non-hydrogen) atoms. The zero-order chi connectivity index (χ0) is 11.8. The van der Waals surface area contributed by atoms with Gasteiger partial charge in [0, 0.05) is 10.0 Å². The van der Waals surface area contributed by atoms with Crippen LogP contribution in [-0.4, -0.2) is 15.3 Å². The van der Waals surface area contributed by atoms with E-state index in [1.807, 2.05) is 24.3 Å². The van der Waals surface area contributed by atoms with Gasteiger partial charge in [0.25, 0.3) is 0 Å². The molecular weight excluding hydrogens is 272 g/mol. The SMILES string of the molecule is CC(C)(O)c1nnc(-c2cccc(Br)c2)o1. The van der Waals surface area contributed by atoms with Crippen LogP contribution in [0.2, 0.25) is 0 Å². The largest absolute Gasteiger partial charge is 0.418 e. The summed E-state index contributed by atoms with van der Waals surface area (Å²) in [5.74, 6) is 0.612. The molecule has 1 aromatic heterocycles. The summed E-state index contributed by atoms with van der Waals surface area (Å²) in [6.45, 7) is 3.20. The van der Waals surface area contributed by atoms with Crippen molar-refractivity contribution in [1.82, 2.24) is 10.2 Å². The maximum absolute atomic E-state index is 9.70. The Kier molecular flexibility index (Phi) is 2.82. The van der Waals surface area contributed by atoms with Gasteiger partial charge < -0.3 is 9.52 Å². The standard InChI is InChI=1S/C11H11BrN2O2/c1-11(2,15)10-14-13-9(16-10)7-4-3-5-8(12)6-7/h3-6,15H,1-2H3. The van der Waals surface area contributed by atoms with E-state index in [0.717, 1.165) is 10.0 Å². The van der Waals surface area contributed by atoms with Crippen molar-refractivity contribution in [2.75, 3.05) is 0 Å². The second-order valence-corrected chi connectivity index (χ2v) is 4.90. The van der Waals surface area contributed by atoms with Gasteiger partial charge in [0.15, 0.2) is 0 Å². The van der Waals surface area contributed by atoms with Gasteiger partial charge in [-0.15, -0.1) is 10.2 Å². The van der Waals surface area contributed by atoms with Crippen LogP contribution in [0.4, 0.5) is 0 Å². The monoisotopic (exact) mass is 282 g/mol. The Morgan fingerprint density at radius 3 is 2.62 bits per heavy atom. The van der Waals surface area contributed by atoms with Crippen LogP contribution in [0, 0.1) is 0 Å². The van der Waals surface area contributed by atoms with E-state index in [0.29, 0.717) is 5.89 Å². The summed E-state index contributed by atoms with van der Waals surface area (Å²) >= 11 is 3.37. The highest BCUT2D eigenvalue weighted by Gasteiger charge is 2.24. The van der Waals surface area contributed by atoms with Gasteiger partial charge in [-0.2, -0.15) is 0 Å². The van der Waals surface area contributed by atoms with Gasteiger partial charge in [-0.05, 0) is 32.0 Å². The molecule has 0 amide bonds. The number of hydrogen-bond donors (Lipinski definition) is 1. The van der Waals surface area contributed by atoms with Crippen molar-refractivity contribution >= 4 is 15.9 Å². The Bertz CT molecular complexity index is 503. The average Bonchev–Trinajstić information content (AvgIpc) is 2.65. The van der Waals surface area contributed by atoms with Crippen LogP contribution in [0.3, 0.4) is 0 Å². The van der Waals surface area contributed by atoms with Crippen LogP contribution in [0.5, 0.6) is 0 Å². The molecule has 1 N–H and O–H groups in total. The second kappa shape index (κ2) is 3.99. The predicted molar refractivity (Wildman–Crippen MR) is 62.7 cm³/mol. The first-order valence-electron chi connectivity index (χ1n) is 4.79. The molecule has 0 fully saturated rings. The highest BCUT2D eigenvalue weighted by Crippen LogP contribution is 2.25. The molecule has 4 nitrogen and oxygen atoms in total. The molecule has 2 aromatic rings. The van der Waals surface area contributed by atoms with E-state index in [1.54, 1.807) is 13.8 Å². The smallest absolute Gasteiger partial charge is 0.247 e. The number of aromatic nitrogens is 2. The lowest BCUT2D eigenvalue weighted by molar-refractivity contribution is 0.0488. The summed E-state index contributed by atoms with van der Waals surface area (Å²) < 4.78 is 6.33. The number of benzene rings is 1. The zero-order valence-corrected chi connectivity index (χ0v) is 10.5. The molecule has 0 unspecified atom stereocenters. The third-order valence-electron chi connectivity index (χ3n) is 2.02. The quantitative estimate of drug-likeness (QED) is 0.920. The molecule has 0 bridgehead atoms. The maximum Gasteiger partial charge on any atom is 0.247 e. The summed E-state index contributed by atoms with van der Waals surface area (Å²) in [5.41, 5.74) is -0.297. The highest BCUT2D eigenvalue weighted by atomic mass is 79.9. The molecule has 1 aromatic carbocycles. The fraction of sp³-hybridized carbons (Fsp3) is 0.273. The Hall–Kier alpha value is -1.20. The first-order valence-corrected chi connectivity index (χ1v) is 5.58. The van der Waals surface area contributed by atoms with Gasteiger partial charge in [-0.1, -0.05) is 22.0 Å². The molecule has 0 aliphatic heterocycles. The molecule has 5 heteroatoms. The molecular formula is C11H11BrN2O2. The summed E-state index contributed by atoms with van der Waals surface area (Å²) in [6.07, 6.45) is 0. The molecule has 0 aliphatic carbocycles. The Morgan fingerprint density at radius 1 is 1.31 bits per heavy atom. The van der Waals surface area contributed by atoms with E-state index in [2.05, 4.69) is 26.1 Å². The molecule has 0 radical (unpaired) electrons. The van der Waals surface area contributed by atoms with Crippen molar-refractivity contribution < 1.29 is 9.52 Å². The molecule has 0 aliphatic rings. The third-order valence-corrected chi connectivity index (χ3v) is 2.51. The Balaban J connectivity index is 2.39. The minimum absolute atomic E-state index is 0.211. The van der Waals surface area contributed by atoms with E-state index in [-0.39, 0.29) is 5.89 Å². The second-order valence-electron chi connectivity index (χ2n) is 3.98. The van der Waals surface area contributed by atoms with Crippen LogP contribution in [0.25, 0.3) is 11.5 Å². The maximum atomic E-state index is 9.70. The lowest BCUT2D eigenvalue weighted by Gasteiger charge is -2.09. The van der Waals surface area contributed by atoms with Crippen LogP contribution >= 0.6 is 15.9 Å². The highest BCUT2D eigenvalue weighted by molar-refractivity contribution is 9.10. The predicted octanol–water partition coefficient (Wildman–Crippen LogP) is 2.73. The van der Waals surface area contributed by atoms with Gasteiger partial charge >= 0.3 is 0 Å². The van der Waals surface area contributed by atoms with Crippen LogP contribution in [-0.2, 0) is 5.60 Å². The number of hydrogen-bond acceptors (Lipinski definition) is 4. The van der Waals surface area contributed by atoms with Gasteiger partial charge in [0.05, 0.1) is 0 Å². The van der Waals surface area contributed by atoms with Gasteiger partial charge in [-0.25, -0.2) is 0 Å². The fourth-order valence-corrected chi connectivity index (χ4v) is 1.61. The van der Waals surface area contributed by atoms with Crippen LogP contribution < -0.4 is 0 Å². The van der Waals surface area contributed by atoms with E-state index in [4.69, 9.17) is 4.42 Å². The fourth-order valence-electron chi connectivity index (χ4n) is 1.21.